The van der Waals surface area contributed by atoms with E-state index in [1.54, 1.807) is 0 Å². The van der Waals surface area contributed by atoms with Gasteiger partial charge >= 0.3 is 0 Å². The van der Waals surface area contributed by atoms with Crippen molar-refractivity contribution in [1.82, 2.24) is 4.57 Å². The summed E-state index contributed by atoms with van der Waals surface area (Å²) >= 11 is 0. The minimum Gasteiger partial charge on any atom is -0.344 e. The number of aromatic nitrogens is 1. The number of benzene rings is 6. The molecule has 0 spiro atoms. The van der Waals surface area contributed by atoms with Crippen molar-refractivity contribution in [2.45, 2.75) is 12.8 Å². The number of hydrogen-bond donors (Lipinski definition) is 0. The SMILES string of the molecule is Cn1c2ccc(-c3ccc4c(c3)-c3ccccc3C4)cc2c2ccc(-c3ccc4c(c3)-c3ccccc3C4)cc21. The van der Waals surface area contributed by atoms with Crippen LogP contribution in [0.3, 0.4) is 0 Å². The molecule has 9 rings (SSSR count). The molecule has 6 aromatic carbocycles. The van der Waals surface area contributed by atoms with Gasteiger partial charge < -0.3 is 4.57 Å². The molecule has 0 saturated carbocycles. The minimum absolute atomic E-state index is 1.03. The largest absolute Gasteiger partial charge is 0.344 e. The van der Waals surface area contributed by atoms with Crippen molar-refractivity contribution in [3.8, 4) is 44.5 Å². The van der Waals surface area contributed by atoms with Crippen molar-refractivity contribution in [3.63, 3.8) is 0 Å². The maximum Gasteiger partial charge on any atom is 0.0494 e. The van der Waals surface area contributed by atoms with Crippen molar-refractivity contribution in [1.29, 1.82) is 0 Å². The Morgan fingerprint density at radius 3 is 1.55 bits per heavy atom. The first-order valence-corrected chi connectivity index (χ1v) is 14.2. The van der Waals surface area contributed by atoms with Crippen LogP contribution in [0.1, 0.15) is 22.3 Å². The van der Waals surface area contributed by atoms with E-state index in [2.05, 4.69) is 133 Å². The highest BCUT2D eigenvalue weighted by Gasteiger charge is 2.20. The Morgan fingerprint density at radius 2 is 0.900 bits per heavy atom. The maximum atomic E-state index is 2.39. The van der Waals surface area contributed by atoms with Crippen LogP contribution in [-0.2, 0) is 19.9 Å². The van der Waals surface area contributed by atoms with Gasteiger partial charge in [0.1, 0.15) is 0 Å². The average Bonchev–Trinajstić information content (AvgIpc) is 3.66. The van der Waals surface area contributed by atoms with E-state index < -0.39 is 0 Å². The summed E-state index contributed by atoms with van der Waals surface area (Å²) in [6.45, 7) is 0. The third-order valence-corrected chi connectivity index (χ3v) is 9.27. The molecular formula is C39H27N. The molecule has 0 unspecified atom stereocenters. The maximum absolute atomic E-state index is 2.39. The summed E-state index contributed by atoms with van der Waals surface area (Å²) < 4.78 is 2.35. The lowest BCUT2D eigenvalue weighted by atomic mass is 9.96. The molecule has 1 nitrogen and oxygen atoms in total. The standard InChI is InChI=1S/C39H27N/c1-40-38-17-15-26(24-10-12-30-18-28-6-2-4-8-32(28)35(30)20-24)22-37(38)34-16-14-27(23-39(34)40)25-11-13-31-19-29-7-3-5-9-33(29)36(31)21-25/h2-17,20-23H,18-19H2,1H3. The lowest BCUT2D eigenvalue weighted by Crippen LogP contribution is -1.88. The zero-order valence-corrected chi connectivity index (χ0v) is 22.4. The summed E-state index contributed by atoms with van der Waals surface area (Å²) in [6.07, 6.45) is 2.07. The summed E-state index contributed by atoms with van der Waals surface area (Å²) in [5.74, 6) is 0. The van der Waals surface area contributed by atoms with Crippen molar-refractivity contribution >= 4 is 21.8 Å². The second kappa shape index (κ2) is 8.07. The van der Waals surface area contributed by atoms with E-state index in [-0.39, 0.29) is 0 Å². The van der Waals surface area contributed by atoms with Gasteiger partial charge in [-0.25, -0.2) is 0 Å². The zero-order valence-electron chi connectivity index (χ0n) is 22.4. The van der Waals surface area contributed by atoms with Gasteiger partial charge in [0.05, 0.1) is 0 Å². The van der Waals surface area contributed by atoms with Gasteiger partial charge in [-0.2, -0.15) is 0 Å². The predicted molar refractivity (Wildman–Crippen MR) is 168 cm³/mol. The van der Waals surface area contributed by atoms with Crippen LogP contribution in [0.15, 0.2) is 121 Å². The molecule has 7 aromatic rings. The number of aryl methyl sites for hydroxylation is 1. The molecule has 0 saturated heterocycles. The molecule has 0 N–H and O–H groups in total. The Labute approximate surface area is 234 Å². The monoisotopic (exact) mass is 509 g/mol. The van der Waals surface area contributed by atoms with Crippen LogP contribution in [0.5, 0.6) is 0 Å². The zero-order chi connectivity index (χ0) is 26.4. The second-order valence-electron chi connectivity index (χ2n) is 11.4. The summed E-state index contributed by atoms with van der Waals surface area (Å²) in [5.41, 5.74) is 18.9. The van der Waals surface area contributed by atoms with E-state index in [1.165, 1.54) is 88.6 Å². The number of rotatable bonds is 2. The smallest absolute Gasteiger partial charge is 0.0494 e. The van der Waals surface area contributed by atoms with E-state index in [4.69, 9.17) is 0 Å². The lowest BCUT2D eigenvalue weighted by Gasteiger charge is -2.07. The first-order valence-electron chi connectivity index (χ1n) is 14.2. The predicted octanol–water partition coefficient (Wildman–Crippen LogP) is 9.81. The molecule has 1 aromatic heterocycles. The molecule has 0 amide bonds. The number of fused-ring (bicyclic) bond motifs is 9. The highest BCUT2D eigenvalue weighted by Crippen LogP contribution is 2.42. The molecule has 0 aliphatic heterocycles. The van der Waals surface area contributed by atoms with E-state index in [9.17, 15) is 0 Å². The summed E-state index contributed by atoms with van der Waals surface area (Å²) in [6, 6.07) is 45.5. The van der Waals surface area contributed by atoms with Crippen LogP contribution in [0.25, 0.3) is 66.3 Å². The van der Waals surface area contributed by atoms with E-state index in [1.807, 2.05) is 0 Å². The minimum atomic E-state index is 1.03. The molecule has 0 fully saturated rings. The number of hydrogen-bond acceptors (Lipinski definition) is 0. The highest BCUT2D eigenvalue weighted by molar-refractivity contribution is 6.10. The second-order valence-corrected chi connectivity index (χ2v) is 11.4. The third kappa shape index (κ3) is 3.09. The number of nitrogens with zero attached hydrogens (tertiary/aromatic N) is 1. The first-order chi connectivity index (χ1) is 19.7. The lowest BCUT2D eigenvalue weighted by molar-refractivity contribution is 1.01. The van der Waals surface area contributed by atoms with E-state index in [0.717, 1.165) is 12.8 Å². The average molecular weight is 510 g/mol. The molecule has 0 bridgehead atoms. The van der Waals surface area contributed by atoms with Crippen LogP contribution >= 0.6 is 0 Å². The van der Waals surface area contributed by atoms with Crippen LogP contribution in [-0.4, -0.2) is 4.57 Å². The van der Waals surface area contributed by atoms with Gasteiger partial charge in [-0.15, -0.1) is 0 Å². The Kier molecular flexibility index (Phi) is 4.43. The van der Waals surface area contributed by atoms with Crippen molar-refractivity contribution in [2.24, 2.45) is 7.05 Å². The highest BCUT2D eigenvalue weighted by atomic mass is 14.9. The molecule has 1 heterocycles. The van der Waals surface area contributed by atoms with Gasteiger partial charge in [0.25, 0.3) is 0 Å². The van der Waals surface area contributed by atoms with Crippen molar-refractivity contribution in [3.05, 3.63) is 144 Å². The Bertz CT molecular complexity index is 2170. The Morgan fingerprint density at radius 1 is 0.400 bits per heavy atom. The fraction of sp³-hybridized carbons (Fsp3) is 0.0769. The third-order valence-electron chi connectivity index (χ3n) is 9.27. The molecule has 0 atom stereocenters. The van der Waals surface area contributed by atoms with E-state index in [0.29, 0.717) is 0 Å². The van der Waals surface area contributed by atoms with Crippen LogP contribution in [0.4, 0.5) is 0 Å². The van der Waals surface area contributed by atoms with Gasteiger partial charge in [-0.05, 0) is 110 Å². The summed E-state index contributed by atoms with van der Waals surface area (Å²) in [4.78, 5) is 0. The van der Waals surface area contributed by atoms with Crippen LogP contribution < -0.4 is 0 Å². The van der Waals surface area contributed by atoms with E-state index >= 15 is 0 Å². The van der Waals surface area contributed by atoms with Crippen LogP contribution in [0, 0.1) is 0 Å². The molecule has 40 heavy (non-hydrogen) atoms. The molecule has 1 heteroatoms. The Hall–Kier alpha value is -4.88. The van der Waals surface area contributed by atoms with Crippen LogP contribution in [0.2, 0.25) is 0 Å². The van der Waals surface area contributed by atoms with Gasteiger partial charge in [0.15, 0.2) is 0 Å². The molecule has 0 radical (unpaired) electrons. The van der Waals surface area contributed by atoms with Gasteiger partial charge in [-0.3, -0.25) is 0 Å². The van der Waals surface area contributed by atoms with Crippen molar-refractivity contribution < 1.29 is 0 Å². The normalized spacial score (nSPS) is 12.9. The van der Waals surface area contributed by atoms with Gasteiger partial charge in [-0.1, -0.05) is 91.0 Å². The topological polar surface area (TPSA) is 4.93 Å². The van der Waals surface area contributed by atoms with Crippen molar-refractivity contribution in [2.75, 3.05) is 0 Å². The summed E-state index contributed by atoms with van der Waals surface area (Å²) in [7, 11) is 2.19. The summed E-state index contributed by atoms with van der Waals surface area (Å²) in [5, 5.41) is 2.62. The quantitative estimate of drug-likeness (QED) is 0.219. The van der Waals surface area contributed by atoms with Gasteiger partial charge in [0, 0.05) is 28.9 Å². The molecular weight excluding hydrogens is 482 g/mol. The fourth-order valence-electron chi connectivity index (χ4n) is 7.18. The first kappa shape index (κ1) is 22.0. The molecule has 188 valence electrons. The fourth-order valence-corrected chi connectivity index (χ4v) is 7.18. The Balaban J connectivity index is 1.14. The molecule has 2 aliphatic rings. The van der Waals surface area contributed by atoms with Gasteiger partial charge in [0.2, 0.25) is 0 Å². The molecule has 2 aliphatic carbocycles.